The average Bonchev–Trinajstić information content (AvgIpc) is 3.08. The van der Waals surface area contributed by atoms with Gasteiger partial charge in [0.1, 0.15) is 0 Å². The predicted molar refractivity (Wildman–Crippen MR) is 93.1 cm³/mol. The summed E-state index contributed by atoms with van der Waals surface area (Å²) in [6.07, 6.45) is 1.85. The zero-order valence-electron chi connectivity index (χ0n) is 12.4. The molecule has 1 aromatic carbocycles. The van der Waals surface area contributed by atoms with Crippen molar-refractivity contribution in [3.8, 4) is 0 Å². The van der Waals surface area contributed by atoms with Crippen LogP contribution in [0.15, 0.2) is 59.0 Å². The first-order valence-electron chi connectivity index (χ1n) is 7.16. The van der Waals surface area contributed by atoms with Crippen molar-refractivity contribution >= 4 is 28.2 Å². The molecule has 0 saturated carbocycles. The van der Waals surface area contributed by atoms with Gasteiger partial charge < -0.3 is 10.6 Å². The summed E-state index contributed by atoms with van der Waals surface area (Å²) in [4.78, 5) is 9.94. The van der Waals surface area contributed by atoms with E-state index in [4.69, 9.17) is 0 Å². The van der Waals surface area contributed by atoms with Crippen LogP contribution < -0.4 is 10.6 Å². The SMILES string of the molecule is CN=C(NCc1cccs1)NCc1ccnc2ccccc12. The van der Waals surface area contributed by atoms with Gasteiger partial charge in [-0.2, -0.15) is 0 Å². The van der Waals surface area contributed by atoms with Gasteiger partial charge in [-0.15, -0.1) is 11.3 Å². The van der Waals surface area contributed by atoms with Crippen LogP contribution in [0.5, 0.6) is 0 Å². The summed E-state index contributed by atoms with van der Waals surface area (Å²) in [5.74, 6) is 0.800. The topological polar surface area (TPSA) is 49.3 Å². The molecule has 0 bridgehead atoms. The minimum Gasteiger partial charge on any atom is -0.352 e. The van der Waals surface area contributed by atoms with Gasteiger partial charge in [-0.05, 0) is 29.1 Å². The van der Waals surface area contributed by atoms with Crippen LogP contribution in [0, 0.1) is 0 Å². The number of aliphatic imine (C=N–C) groups is 1. The molecule has 0 unspecified atom stereocenters. The maximum Gasteiger partial charge on any atom is 0.191 e. The highest BCUT2D eigenvalue weighted by atomic mass is 32.1. The number of hydrogen-bond acceptors (Lipinski definition) is 3. The van der Waals surface area contributed by atoms with Crippen LogP contribution in [-0.4, -0.2) is 18.0 Å². The summed E-state index contributed by atoms with van der Waals surface area (Å²) in [5, 5.41) is 9.93. The van der Waals surface area contributed by atoms with Crippen LogP contribution in [0.2, 0.25) is 0 Å². The molecule has 112 valence electrons. The lowest BCUT2D eigenvalue weighted by atomic mass is 10.1. The summed E-state index contributed by atoms with van der Waals surface area (Å²) in [6, 6.07) is 14.4. The average molecular weight is 310 g/mol. The zero-order chi connectivity index (χ0) is 15.2. The van der Waals surface area contributed by atoms with E-state index in [1.165, 1.54) is 15.8 Å². The number of guanidine groups is 1. The molecule has 4 nitrogen and oxygen atoms in total. The number of aromatic nitrogens is 1. The Hall–Kier alpha value is -2.40. The van der Waals surface area contributed by atoms with Crippen molar-refractivity contribution in [3.05, 3.63) is 64.5 Å². The van der Waals surface area contributed by atoms with Crippen molar-refractivity contribution in [2.24, 2.45) is 4.99 Å². The third-order valence-corrected chi connectivity index (χ3v) is 4.30. The molecule has 2 aromatic heterocycles. The maximum atomic E-state index is 4.39. The van der Waals surface area contributed by atoms with Crippen LogP contribution >= 0.6 is 11.3 Å². The van der Waals surface area contributed by atoms with Gasteiger partial charge >= 0.3 is 0 Å². The summed E-state index contributed by atoms with van der Waals surface area (Å²) < 4.78 is 0. The minimum atomic E-state index is 0.715. The third kappa shape index (κ3) is 3.43. The Morgan fingerprint density at radius 1 is 1.09 bits per heavy atom. The number of thiophene rings is 1. The second-order valence-electron chi connectivity index (χ2n) is 4.85. The number of rotatable bonds is 4. The van der Waals surface area contributed by atoms with E-state index in [-0.39, 0.29) is 0 Å². The summed E-state index contributed by atoms with van der Waals surface area (Å²) >= 11 is 1.74. The second kappa shape index (κ2) is 7.04. The highest BCUT2D eigenvalue weighted by molar-refractivity contribution is 7.09. The normalized spacial score (nSPS) is 11.6. The monoisotopic (exact) mass is 310 g/mol. The first kappa shape index (κ1) is 14.5. The van der Waals surface area contributed by atoms with Crippen LogP contribution in [-0.2, 0) is 13.1 Å². The molecule has 22 heavy (non-hydrogen) atoms. The Labute approximate surface area is 133 Å². The molecule has 0 fully saturated rings. The van der Waals surface area contributed by atoms with Gasteiger partial charge in [0.25, 0.3) is 0 Å². The van der Waals surface area contributed by atoms with Gasteiger partial charge in [-0.3, -0.25) is 9.98 Å². The van der Waals surface area contributed by atoms with E-state index in [1.807, 2.05) is 30.5 Å². The molecule has 3 rings (SSSR count). The molecule has 0 amide bonds. The lowest BCUT2D eigenvalue weighted by Crippen LogP contribution is -2.36. The fraction of sp³-hybridized carbons (Fsp3) is 0.176. The maximum absolute atomic E-state index is 4.39. The zero-order valence-corrected chi connectivity index (χ0v) is 13.2. The molecular formula is C17H18N4S. The first-order valence-corrected chi connectivity index (χ1v) is 8.04. The Kier molecular flexibility index (Phi) is 4.65. The molecule has 3 aromatic rings. The van der Waals surface area contributed by atoms with Crippen molar-refractivity contribution in [1.29, 1.82) is 0 Å². The highest BCUT2D eigenvalue weighted by Gasteiger charge is 2.03. The summed E-state index contributed by atoms with van der Waals surface area (Å²) in [7, 11) is 1.79. The lowest BCUT2D eigenvalue weighted by molar-refractivity contribution is 0.818. The molecule has 0 spiro atoms. The number of nitrogens with one attached hydrogen (secondary N) is 2. The van der Waals surface area contributed by atoms with Crippen molar-refractivity contribution < 1.29 is 0 Å². The van der Waals surface area contributed by atoms with Crippen LogP contribution in [0.25, 0.3) is 10.9 Å². The Morgan fingerprint density at radius 2 is 1.95 bits per heavy atom. The Morgan fingerprint density at radius 3 is 2.77 bits per heavy atom. The van der Waals surface area contributed by atoms with E-state index < -0.39 is 0 Å². The van der Waals surface area contributed by atoms with Gasteiger partial charge in [0, 0.05) is 30.1 Å². The van der Waals surface area contributed by atoms with Gasteiger partial charge in [-0.1, -0.05) is 24.3 Å². The van der Waals surface area contributed by atoms with E-state index in [0.717, 1.165) is 18.0 Å². The second-order valence-corrected chi connectivity index (χ2v) is 5.88. The predicted octanol–water partition coefficient (Wildman–Crippen LogP) is 3.16. The van der Waals surface area contributed by atoms with Crippen molar-refractivity contribution in [3.63, 3.8) is 0 Å². The van der Waals surface area contributed by atoms with Gasteiger partial charge in [0.15, 0.2) is 5.96 Å². The molecule has 0 atom stereocenters. The number of pyridine rings is 1. The standard InChI is InChI=1S/C17H18N4S/c1-18-17(21-12-14-5-4-10-22-14)20-11-13-8-9-19-16-7-3-2-6-15(13)16/h2-10H,11-12H2,1H3,(H2,18,20,21). The van der Waals surface area contributed by atoms with Crippen molar-refractivity contribution in [2.45, 2.75) is 13.1 Å². The first-order chi connectivity index (χ1) is 10.9. The van der Waals surface area contributed by atoms with E-state index in [0.29, 0.717) is 6.54 Å². The van der Waals surface area contributed by atoms with Gasteiger partial charge in [0.2, 0.25) is 0 Å². The fourth-order valence-corrected chi connectivity index (χ4v) is 2.94. The van der Waals surface area contributed by atoms with Crippen LogP contribution in [0.3, 0.4) is 0 Å². The molecule has 0 aliphatic heterocycles. The number of fused-ring (bicyclic) bond motifs is 1. The van der Waals surface area contributed by atoms with Crippen LogP contribution in [0.1, 0.15) is 10.4 Å². The van der Waals surface area contributed by atoms with E-state index in [9.17, 15) is 0 Å². The molecule has 0 saturated heterocycles. The number of benzene rings is 1. The van der Waals surface area contributed by atoms with E-state index >= 15 is 0 Å². The smallest absolute Gasteiger partial charge is 0.191 e. The molecule has 0 aliphatic carbocycles. The fourth-order valence-electron chi connectivity index (χ4n) is 2.29. The minimum absolute atomic E-state index is 0.715. The van der Waals surface area contributed by atoms with Crippen LogP contribution in [0.4, 0.5) is 0 Å². The molecule has 2 heterocycles. The van der Waals surface area contributed by atoms with Gasteiger partial charge in [-0.25, -0.2) is 0 Å². The van der Waals surface area contributed by atoms with E-state index in [1.54, 1.807) is 18.4 Å². The summed E-state index contributed by atoms with van der Waals surface area (Å²) in [5.41, 5.74) is 2.23. The number of para-hydroxylation sites is 1. The highest BCUT2D eigenvalue weighted by Crippen LogP contribution is 2.15. The molecule has 0 radical (unpaired) electrons. The molecule has 2 N–H and O–H groups in total. The molecular weight excluding hydrogens is 292 g/mol. The van der Waals surface area contributed by atoms with Gasteiger partial charge in [0.05, 0.1) is 12.1 Å². The number of hydrogen-bond donors (Lipinski definition) is 2. The quantitative estimate of drug-likeness (QED) is 0.575. The third-order valence-electron chi connectivity index (χ3n) is 3.42. The molecule has 0 aliphatic rings. The Balaban J connectivity index is 1.64. The van der Waals surface area contributed by atoms with Crippen molar-refractivity contribution in [1.82, 2.24) is 15.6 Å². The Bertz CT molecular complexity index is 760. The summed E-state index contributed by atoms with van der Waals surface area (Å²) in [6.45, 7) is 1.50. The largest absolute Gasteiger partial charge is 0.352 e. The van der Waals surface area contributed by atoms with E-state index in [2.05, 4.69) is 44.2 Å². The lowest BCUT2D eigenvalue weighted by Gasteiger charge is -2.12. The number of nitrogens with zero attached hydrogens (tertiary/aromatic N) is 2. The van der Waals surface area contributed by atoms with Crippen molar-refractivity contribution in [2.75, 3.05) is 7.05 Å². The molecule has 5 heteroatoms.